The molecule has 0 spiro atoms. The summed E-state index contributed by atoms with van der Waals surface area (Å²) in [7, 11) is -2.09. The molecule has 0 fully saturated rings. The van der Waals surface area contributed by atoms with E-state index in [1.807, 2.05) is 12.1 Å². The standard InChI is InChI=1S/C20H23Cl3N2O5S/c1-29-18-6-3-4-7-19(18)30-11-9-24-20(26)8-5-10-25(31(2,27)28)17-13-15(22)14(21)12-16(17)23/h3-4,6-7,12-13H,5,8-11H2,1-2H3,(H,24,26). The van der Waals surface area contributed by atoms with Crippen LogP contribution < -0.4 is 19.1 Å². The number of para-hydroxylation sites is 2. The maximum absolute atomic E-state index is 12.2. The Kier molecular flexibility index (Phi) is 9.55. The first kappa shape index (κ1) is 25.4. The van der Waals surface area contributed by atoms with Crippen molar-refractivity contribution in [2.75, 3.05) is 37.4 Å². The molecule has 0 saturated heterocycles. The van der Waals surface area contributed by atoms with Gasteiger partial charge < -0.3 is 14.8 Å². The molecule has 0 bridgehead atoms. The van der Waals surface area contributed by atoms with E-state index < -0.39 is 10.0 Å². The zero-order chi connectivity index (χ0) is 23.0. The van der Waals surface area contributed by atoms with Gasteiger partial charge in [0.1, 0.15) is 6.61 Å². The van der Waals surface area contributed by atoms with Crippen LogP contribution >= 0.6 is 34.8 Å². The molecule has 2 aromatic carbocycles. The van der Waals surface area contributed by atoms with E-state index in [0.717, 1.165) is 10.6 Å². The van der Waals surface area contributed by atoms with Gasteiger partial charge in [-0.3, -0.25) is 9.10 Å². The number of hydrogen-bond acceptors (Lipinski definition) is 5. The van der Waals surface area contributed by atoms with Gasteiger partial charge in [0, 0.05) is 13.0 Å². The lowest BCUT2D eigenvalue weighted by atomic mass is 10.2. The molecule has 0 saturated carbocycles. The highest BCUT2D eigenvalue weighted by Gasteiger charge is 2.21. The topological polar surface area (TPSA) is 84.9 Å². The molecular formula is C20H23Cl3N2O5S. The predicted molar refractivity (Wildman–Crippen MR) is 124 cm³/mol. The quantitative estimate of drug-likeness (QED) is 0.358. The first-order valence-corrected chi connectivity index (χ1v) is 12.3. The maximum atomic E-state index is 12.2. The number of halogens is 3. The molecular weight excluding hydrogens is 487 g/mol. The van der Waals surface area contributed by atoms with Gasteiger partial charge in [0.15, 0.2) is 11.5 Å². The summed E-state index contributed by atoms with van der Waals surface area (Å²) in [5.74, 6) is 0.967. The smallest absolute Gasteiger partial charge is 0.232 e. The first-order chi connectivity index (χ1) is 14.6. The van der Waals surface area contributed by atoms with Crippen molar-refractivity contribution in [2.45, 2.75) is 12.8 Å². The fourth-order valence-electron chi connectivity index (χ4n) is 2.73. The molecule has 1 N–H and O–H groups in total. The van der Waals surface area contributed by atoms with E-state index in [-0.39, 0.29) is 52.7 Å². The summed E-state index contributed by atoms with van der Waals surface area (Å²) >= 11 is 18.1. The molecule has 0 aliphatic rings. The van der Waals surface area contributed by atoms with Gasteiger partial charge in [-0.2, -0.15) is 0 Å². The van der Waals surface area contributed by atoms with E-state index in [4.69, 9.17) is 44.3 Å². The third-order valence-electron chi connectivity index (χ3n) is 4.17. The predicted octanol–water partition coefficient (Wildman–Crippen LogP) is 4.40. The van der Waals surface area contributed by atoms with Gasteiger partial charge in [0.05, 0.1) is 40.7 Å². The van der Waals surface area contributed by atoms with Crippen LogP contribution in [0.2, 0.25) is 15.1 Å². The molecule has 0 radical (unpaired) electrons. The zero-order valence-corrected chi connectivity index (χ0v) is 20.1. The van der Waals surface area contributed by atoms with Crippen molar-refractivity contribution in [2.24, 2.45) is 0 Å². The molecule has 2 rings (SSSR count). The van der Waals surface area contributed by atoms with E-state index >= 15 is 0 Å². The van der Waals surface area contributed by atoms with Gasteiger partial charge in [-0.1, -0.05) is 46.9 Å². The summed E-state index contributed by atoms with van der Waals surface area (Å²) in [6.07, 6.45) is 1.46. The normalized spacial score (nSPS) is 11.1. The Labute approximate surface area is 197 Å². The number of nitrogens with one attached hydrogen (secondary N) is 1. The van der Waals surface area contributed by atoms with Crippen molar-refractivity contribution in [3.8, 4) is 11.5 Å². The minimum Gasteiger partial charge on any atom is -0.493 e. The number of benzene rings is 2. The average Bonchev–Trinajstić information content (AvgIpc) is 2.71. The van der Waals surface area contributed by atoms with Crippen molar-refractivity contribution in [3.05, 3.63) is 51.5 Å². The number of hydrogen-bond donors (Lipinski definition) is 1. The van der Waals surface area contributed by atoms with Crippen molar-refractivity contribution < 1.29 is 22.7 Å². The van der Waals surface area contributed by atoms with Crippen molar-refractivity contribution >= 4 is 56.4 Å². The zero-order valence-electron chi connectivity index (χ0n) is 17.0. The second-order valence-electron chi connectivity index (χ2n) is 6.51. The lowest BCUT2D eigenvalue weighted by Crippen LogP contribution is -2.33. The molecule has 0 aliphatic heterocycles. The molecule has 1 amide bonds. The lowest BCUT2D eigenvalue weighted by molar-refractivity contribution is -0.121. The number of nitrogens with zero attached hydrogens (tertiary/aromatic N) is 1. The summed E-state index contributed by atoms with van der Waals surface area (Å²) in [5, 5.41) is 3.29. The number of sulfonamides is 1. The molecule has 170 valence electrons. The Bertz CT molecular complexity index is 1020. The molecule has 0 aliphatic carbocycles. The summed E-state index contributed by atoms with van der Waals surface area (Å²) in [6.45, 7) is 0.618. The van der Waals surface area contributed by atoms with E-state index in [2.05, 4.69) is 5.32 Å². The average molecular weight is 510 g/mol. The molecule has 0 atom stereocenters. The molecule has 2 aromatic rings. The van der Waals surface area contributed by atoms with Crippen LogP contribution in [0.5, 0.6) is 11.5 Å². The lowest BCUT2D eigenvalue weighted by Gasteiger charge is -2.24. The molecule has 0 heterocycles. The number of carbonyl (C=O) groups excluding carboxylic acids is 1. The largest absolute Gasteiger partial charge is 0.493 e. The van der Waals surface area contributed by atoms with Crippen LogP contribution in [0.1, 0.15) is 12.8 Å². The third kappa shape index (κ3) is 7.64. The van der Waals surface area contributed by atoms with Crippen molar-refractivity contribution in [3.63, 3.8) is 0 Å². The Morgan fingerprint density at radius 3 is 2.35 bits per heavy atom. The minimum absolute atomic E-state index is 0.0572. The molecule has 7 nitrogen and oxygen atoms in total. The van der Waals surface area contributed by atoms with Crippen LogP contribution in [0, 0.1) is 0 Å². The molecule has 0 aromatic heterocycles. The van der Waals surface area contributed by atoms with Crippen LogP contribution in [0.15, 0.2) is 36.4 Å². The summed E-state index contributed by atoms with van der Waals surface area (Å²) in [6, 6.07) is 9.98. The Hall–Kier alpha value is -1.87. The monoisotopic (exact) mass is 508 g/mol. The molecule has 11 heteroatoms. The first-order valence-electron chi connectivity index (χ1n) is 9.28. The molecule has 0 unspecified atom stereocenters. The van der Waals surface area contributed by atoms with Crippen LogP contribution in [0.4, 0.5) is 5.69 Å². The summed E-state index contributed by atoms with van der Waals surface area (Å²) in [4.78, 5) is 12.1. The number of rotatable bonds is 11. The minimum atomic E-state index is -3.64. The Morgan fingerprint density at radius 2 is 1.71 bits per heavy atom. The van der Waals surface area contributed by atoms with Gasteiger partial charge in [0.25, 0.3) is 0 Å². The number of ether oxygens (including phenoxy) is 2. The SMILES string of the molecule is COc1ccccc1OCCNC(=O)CCCN(c1cc(Cl)c(Cl)cc1Cl)S(C)(=O)=O. The maximum Gasteiger partial charge on any atom is 0.232 e. The highest BCUT2D eigenvalue weighted by molar-refractivity contribution is 7.92. The number of carbonyl (C=O) groups is 1. The number of amides is 1. The summed E-state index contributed by atoms with van der Waals surface area (Å²) in [5.41, 5.74) is 0.212. The Balaban J connectivity index is 1.84. The van der Waals surface area contributed by atoms with Crippen LogP contribution in [-0.2, 0) is 14.8 Å². The third-order valence-corrected chi connectivity index (χ3v) is 6.38. The Morgan fingerprint density at radius 1 is 1.06 bits per heavy atom. The van der Waals surface area contributed by atoms with E-state index in [9.17, 15) is 13.2 Å². The van der Waals surface area contributed by atoms with E-state index in [1.165, 1.54) is 12.1 Å². The second kappa shape index (κ2) is 11.7. The van der Waals surface area contributed by atoms with Gasteiger partial charge in [-0.15, -0.1) is 0 Å². The van der Waals surface area contributed by atoms with Gasteiger partial charge in [0.2, 0.25) is 15.9 Å². The fraction of sp³-hybridized carbons (Fsp3) is 0.350. The van der Waals surface area contributed by atoms with Crippen LogP contribution in [-0.4, -0.2) is 47.4 Å². The summed E-state index contributed by atoms with van der Waals surface area (Å²) < 4.78 is 36.3. The highest BCUT2D eigenvalue weighted by Crippen LogP contribution is 2.35. The van der Waals surface area contributed by atoms with Crippen molar-refractivity contribution in [1.29, 1.82) is 0 Å². The van der Waals surface area contributed by atoms with E-state index in [0.29, 0.717) is 18.0 Å². The van der Waals surface area contributed by atoms with Crippen LogP contribution in [0.25, 0.3) is 0 Å². The fourth-order valence-corrected chi connectivity index (χ4v) is 4.39. The highest BCUT2D eigenvalue weighted by atomic mass is 35.5. The van der Waals surface area contributed by atoms with Gasteiger partial charge in [-0.25, -0.2) is 8.42 Å². The van der Waals surface area contributed by atoms with E-state index in [1.54, 1.807) is 19.2 Å². The molecule has 31 heavy (non-hydrogen) atoms. The second-order valence-corrected chi connectivity index (χ2v) is 9.63. The number of methoxy groups -OCH3 is 1. The number of anilines is 1. The van der Waals surface area contributed by atoms with Crippen LogP contribution in [0.3, 0.4) is 0 Å². The van der Waals surface area contributed by atoms with Gasteiger partial charge >= 0.3 is 0 Å². The van der Waals surface area contributed by atoms with Crippen molar-refractivity contribution in [1.82, 2.24) is 5.32 Å². The van der Waals surface area contributed by atoms with Gasteiger partial charge in [-0.05, 0) is 30.7 Å².